The van der Waals surface area contributed by atoms with Gasteiger partial charge in [0.2, 0.25) is 5.91 Å². The number of alkyl halides is 1. The number of hydrogen-bond acceptors (Lipinski definition) is 2. The molecule has 0 radical (unpaired) electrons. The van der Waals surface area contributed by atoms with E-state index in [-0.39, 0.29) is 11.7 Å². The number of rotatable bonds is 1. The van der Waals surface area contributed by atoms with Crippen molar-refractivity contribution in [2.75, 3.05) is 11.9 Å². The quantitative estimate of drug-likeness (QED) is 0.683. The van der Waals surface area contributed by atoms with Crippen LogP contribution >= 0.6 is 15.9 Å². The molecule has 0 aromatic rings. The van der Waals surface area contributed by atoms with E-state index in [0.717, 1.165) is 19.4 Å². The summed E-state index contributed by atoms with van der Waals surface area (Å²) in [7, 11) is 0. The van der Waals surface area contributed by atoms with Crippen LogP contribution in [0, 0.1) is 5.41 Å². The molecule has 2 unspecified atom stereocenters. The second-order valence-corrected chi connectivity index (χ2v) is 5.69. The van der Waals surface area contributed by atoms with Crippen molar-refractivity contribution in [3.05, 3.63) is 0 Å². The molecule has 15 heavy (non-hydrogen) atoms. The van der Waals surface area contributed by atoms with Gasteiger partial charge >= 0.3 is 0 Å². The Morgan fingerprint density at radius 1 is 1.40 bits per heavy atom. The van der Waals surface area contributed by atoms with Crippen LogP contribution < -0.4 is 0 Å². The Morgan fingerprint density at radius 3 is 2.67 bits per heavy atom. The summed E-state index contributed by atoms with van der Waals surface area (Å²) in [4.78, 5) is 26.1. The molecule has 2 rings (SSSR count). The van der Waals surface area contributed by atoms with Crippen molar-refractivity contribution >= 4 is 27.6 Å². The van der Waals surface area contributed by atoms with Crippen LogP contribution in [0.25, 0.3) is 0 Å². The summed E-state index contributed by atoms with van der Waals surface area (Å²) in [5.41, 5.74) is -1.03. The fourth-order valence-electron chi connectivity index (χ4n) is 2.63. The first kappa shape index (κ1) is 11.1. The number of amides is 1. The lowest BCUT2D eigenvalue weighted by atomic mass is 9.74. The van der Waals surface area contributed by atoms with Gasteiger partial charge in [0.15, 0.2) is 5.78 Å². The molecule has 1 amide bonds. The maximum atomic E-state index is 12.3. The lowest BCUT2D eigenvalue weighted by molar-refractivity contribution is -0.158. The molecule has 4 heteroatoms. The minimum absolute atomic E-state index is 0.138. The third-order valence-electron chi connectivity index (χ3n) is 3.85. The Morgan fingerprint density at radius 2 is 2.07 bits per heavy atom. The number of Topliss-reactive ketones (excluding diaryl/α,β-unsaturated/α-hetero) is 1. The van der Waals surface area contributed by atoms with Gasteiger partial charge in [-0.25, -0.2) is 0 Å². The average Bonchev–Trinajstić information content (AvgIpc) is 2.59. The number of piperidine rings is 1. The number of ketones is 1. The van der Waals surface area contributed by atoms with Gasteiger partial charge in [-0.2, -0.15) is 0 Å². The van der Waals surface area contributed by atoms with Crippen LogP contribution in [0.3, 0.4) is 0 Å². The normalized spacial score (nSPS) is 40.9. The second-order valence-electron chi connectivity index (χ2n) is 5.13. The van der Waals surface area contributed by atoms with Crippen LogP contribution in [0.1, 0.15) is 33.1 Å². The Labute approximate surface area is 98.3 Å². The monoisotopic (exact) mass is 273 g/mol. The topological polar surface area (TPSA) is 37.4 Å². The highest BCUT2D eigenvalue weighted by molar-refractivity contribution is 9.09. The van der Waals surface area contributed by atoms with Crippen LogP contribution in [0.5, 0.6) is 0 Å². The summed E-state index contributed by atoms with van der Waals surface area (Å²) in [6, 6.07) is 0. The van der Waals surface area contributed by atoms with Gasteiger partial charge in [-0.15, -0.1) is 0 Å². The van der Waals surface area contributed by atoms with Crippen molar-refractivity contribution in [1.82, 2.24) is 4.90 Å². The molecule has 0 N–H and O–H groups in total. The van der Waals surface area contributed by atoms with Crippen LogP contribution in [-0.2, 0) is 9.59 Å². The largest absolute Gasteiger partial charge is 0.330 e. The number of carbonyl (C=O) groups excluding carboxylic acids is 2. The van der Waals surface area contributed by atoms with Gasteiger partial charge in [0.1, 0.15) is 0 Å². The van der Waals surface area contributed by atoms with E-state index in [1.807, 2.05) is 13.8 Å². The zero-order chi connectivity index (χ0) is 11.3. The van der Waals surface area contributed by atoms with Gasteiger partial charge < -0.3 is 4.90 Å². The molecule has 84 valence electrons. The standard InChI is InChI=1S/C11H16BrNO2/c1-10(7-12)6-8(14)11(2)4-3-5-13(11)9(10)15/h3-7H2,1-2H3. The lowest BCUT2D eigenvalue weighted by Gasteiger charge is -2.45. The fraction of sp³-hybridized carbons (Fsp3) is 0.818. The van der Waals surface area contributed by atoms with Gasteiger partial charge in [-0.1, -0.05) is 15.9 Å². The first-order valence-corrected chi connectivity index (χ1v) is 6.47. The highest BCUT2D eigenvalue weighted by Crippen LogP contribution is 2.43. The minimum Gasteiger partial charge on any atom is -0.330 e. The van der Waals surface area contributed by atoms with Gasteiger partial charge in [-0.3, -0.25) is 9.59 Å². The smallest absolute Gasteiger partial charge is 0.230 e. The molecule has 0 spiro atoms. The van der Waals surface area contributed by atoms with E-state index in [4.69, 9.17) is 0 Å². The second kappa shape index (κ2) is 3.30. The van der Waals surface area contributed by atoms with Crippen molar-refractivity contribution < 1.29 is 9.59 Å². The molecule has 2 atom stereocenters. The third-order valence-corrected chi connectivity index (χ3v) is 5.09. The molecule has 3 nitrogen and oxygen atoms in total. The lowest BCUT2D eigenvalue weighted by Crippen LogP contribution is -2.61. The van der Waals surface area contributed by atoms with Crippen LogP contribution in [0.2, 0.25) is 0 Å². The number of halogens is 1. The maximum Gasteiger partial charge on any atom is 0.230 e. The Hall–Kier alpha value is -0.380. The molecule has 2 saturated heterocycles. The van der Waals surface area contributed by atoms with Crippen molar-refractivity contribution in [3.63, 3.8) is 0 Å². The van der Waals surface area contributed by atoms with E-state index in [1.54, 1.807) is 4.90 Å². The van der Waals surface area contributed by atoms with E-state index >= 15 is 0 Å². The molecular weight excluding hydrogens is 258 g/mol. The number of nitrogens with zero attached hydrogens (tertiary/aromatic N) is 1. The van der Waals surface area contributed by atoms with E-state index < -0.39 is 11.0 Å². The molecule has 0 aromatic carbocycles. The van der Waals surface area contributed by atoms with E-state index in [1.165, 1.54) is 0 Å². The molecule has 2 aliphatic heterocycles. The summed E-state index contributed by atoms with van der Waals surface area (Å²) < 4.78 is 0. The zero-order valence-corrected chi connectivity index (χ0v) is 10.8. The molecule has 2 fully saturated rings. The summed E-state index contributed by atoms with van der Waals surface area (Å²) in [6.45, 7) is 4.53. The van der Waals surface area contributed by atoms with Gasteiger partial charge in [0.25, 0.3) is 0 Å². The van der Waals surface area contributed by atoms with Crippen LogP contribution in [0.15, 0.2) is 0 Å². The summed E-state index contributed by atoms with van der Waals surface area (Å²) in [5.74, 6) is 0.362. The SMILES string of the molecule is CC1(CBr)CC(=O)C2(C)CCCN2C1=O. The molecular formula is C11H16BrNO2. The van der Waals surface area contributed by atoms with Gasteiger partial charge in [-0.05, 0) is 26.7 Å². The fourth-order valence-corrected chi connectivity index (χ4v) is 3.07. The Kier molecular flexibility index (Phi) is 2.45. The zero-order valence-electron chi connectivity index (χ0n) is 9.18. The maximum absolute atomic E-state index is 12.3. The van der Waals surface area contributed by atoms with E-state index in [9.17, 15) is 9.59 Å². The van der Waals surface area contributed by atoms with Crippen LogP contribution in [0.4, 0.5) is 0 Å². The van der Waals surface area contributed by atoms with E-state index in [2.05, 4.69) is 15.9 Å². The summed E-state index contributed by atoms with van der Waals surface area (Å²) in [6.07, 6.45) is 2.16. The third kappa shape index (κ3) is 1.37. The first-order valence-electron chi connectivity index (χ1n) is 5.35. The van der Waals surface area contributed by atoms with Crippen molar-refractivity contribution in [2.45, 2.75) is 38.6 Å². The molecule has 0 aromatic heterocycles. The van der Waals surface area contributed by atoms with Crippen molar-refractivity contribution in [3.8, 4) is 0 Å². The molecule has 2 aliphatic rings. The summed E-state index contributed by atoms with van der Waals surface area (Å²) >= 11 is 3.35. The average molecular weight is 274 g/mol. The van der Waals surface area contributed by atoms with Crippen LogP contribution in [-0.4, -0.2) is 34.0 Å². The molecule has 0 bridgehead atoms. The Bertz CT molecular complexity index is 331. The first-order chi connectivity index (χ1) is 6.94. The Balaban J connectivity index is 2.38. The predicted molar refractivity (Wildman–Crippen MR) is 60.9 cm³/mol. The van der Waals surface area contributed by atoms with Crippen molar-refractivity contribution in [2.24, 2.45) is 5.41 Å². The van der Waals surface area contributed by atoms with Crippen molar-refractivity contribution in [1.29, 1.82) is 0 Å². The predicted octanol–water partition coefficient (Wildman–Crippen LogP) is 1.74. The highest BCUT2D eigenvalue weighted by Gasteiger charge is 2.55. The number of hydrogen-bond donors (Lipinski definition) is 0. The molecule has 0 saturated carbocycles. The van der Waals surface area contributed by atoms with Gasteiger partial charge in [0, 0.05) is 18.3 Å². The molecule has 0 aliphatic carbocycles. The molecule has 2 heterocycles. The van der Waals surface area contributed by atoms with Gasteiger partial charge in [0.05, 0.1) is 11.0 Å². The van der Waals surface area contributed by atoms with E-state index in [0.29, 0.717) is 11.8 Å². The minimum atomic E-state index is -0.527. The number of fused-ring (bicyclic) bond motifs is 1. The highest BCUT2D eigenvalue weighted by atomic mass is 79.9. The number of carbonyl (C=O) groups is 2. The summed E-state index contributed by atoms with van der Waals surface area (Å²) in [5, 5.41) is 0.567.